The Kier molecular flexibility index (Phi) is 35.6. The van der Waals surface area contributed by atoms with E-state index < -0.39 is 0 Å². The number of aromatic nitrogens is 4. The SMILES string of the molecule is C.CN(C)Cc1cncc(Br)c1.CN(C)Cc1cncc(N)c1.COc1ccc(CNc2cncc(CN(C)C)c2)cc1.COc1cncc(Br)c1.Cc1ccc(CN)cc1.[CH2-]C.[V]. The molecule has 0 amide bonds. The van der Waals surface area contributed by atoms with Crippen molar-refractivity contribution in [2.45, 2.75) is 54.0 Å². The molecule has 0 atom stereocenters. The van der Waals surface area contributed by atoms with Crippen molar-refractivity contribution in [2.75, 3.05) is 67.6 Å². The van der Waals surface area contributed by atoms with Crippen molar-refractivity contribution in [3.63, 3.8) is 0 Å². The molecular formula is C49H71Br2N10O2V-. The van der Waals surface area contributed by atoms with E-state index in [0.717, 1.165) is 63.6 Å². The van der Waals surface area contributed by atoms with Crippen LogP contribution in [0.5, 0.6) is 11.5 Å². The maximum absolute atomic E-state index is 5.55. The second-order valence-electron chi connectivity index (χ2n) is 14.4. The number of pyridine rings is 4. The number of nitrogens with two attached hydrogens (primary N) is 2. The normalized spacial score (nSPS) is 9.64. The maximum atomic E-state index is 5.55. The summed E-state index contributed by atoms with van der Waals surface area (Å²) in [7, 11) is 15.5. The number of nitrogens with one attached hydrogen (secondary N) is 1. The monoisotopic (exact) mass is 1040 g/mol. The minimum absolute atomic E-state index is 0. The number of anilines is 2. The first kappa shape index (κ1) is 61.7. The van der Waals surface area contributed by atoms with Gasteiger partial charge in [-0.25, -0.2) is 0 Å². The van der Waals surface area contributed by atoms with Gasteiger partial charge in [0.1, 0.15) is 11.5 Å². The predicted octanol–water partition coefficient (Wildman–Crippen LogP) is 10.2. The second kappa shape index (κ2) is 36.9. The van der Waals surface area contributed by atoms with Gasteiger partial charge in [0, 0.05) is 104 Å². The first-order valence-corrected chi connectivity index (χ1v) is 21.4. The van der Waals surface area contributed by atoms with E-state index in [0.29, 0.717) is 6.54 Å². The van der Waals surface area contributed by atoms with Crippen LogP contribution in [-0.4, -0.2) is 91.1 Å². The molecule has 0 saturated heterocycles. The molecule has 0 aliphatic rings. The van der Waals surface area contributed by atoms with Crippen LogP contribution in [0.2, 0.25) is 0 Å². The zero-order valence-electron chi connectivity index (χ0n) is 38.6. The van der Waals surface area contributed by atoms with Crippen LogP contribution in [0.15, 0.2) is 131 Å². The van der Waals surface area contributed by atoms with E-state index in [2.05, 4.69) is 148 Å². The third-order valence-corrected chi connectivity index (χ3v) is 8.66. The number of hydrogen-bond acceptors (Lipinski definition) is 12. The number of methoxy groups -OCH3 is 2. The molecule has 6 rings (SSSR count). The molecule has 0 spiro atoms. The van der Waals surface area contributed by atoms with Crippen LogP contribution in [-0.2, 0) is 51.3 Å². The van der Waals surface area contributed by atoms with Crippen LogP contribution >= 0.6 is 31.9 Å². The molecule has 6 aromatic rings. The van der Waals surface area contributed by atoms with Crippen LogP contribution in [0.4, 0.5) is 11.4 Å². The summed E-state index contributed by atoms with van der Waals surface area (Å²) in [6, 6.07) is 24.3. The van der Waals surface area contributed by atoms with Gasteiger partial charge in [-0.15, -0.1) is 0 Å². The fraction of sp³-hybridized carbons (Fsp3) is 0.327. The molecule has 5 N–H and O–H groups in total. The standard InChI is InChI=1S/C16H21N3O.C8H11BrN2.C8H13N3.C8H11N.C6H6BrNO.C2H5.CH4.V/c1-19(2)12-14-8-15(11-17-9-14)18-10-13-4-6-16(20-3)7-5-13;2*1-11(2)6-7-3-8(9)5-10-4-7;1-7-2-4-8(6-9)5-3-7;1-9-6-2-5(7)3-8-4-6;1-2;;/h4-9,11,18H,10,12H2,1-3H3;3-5H,6H2,1-2H3;3-5H,6,9H2,1-2H3;2-5H,6,9H2,1H3;2-4H,1H3;1H2,2H3;1H4;/q;;;;;-1;;. The van der Waals surface area contributed by atoms with E-state index in [9.17, 15) is 0 Å². The second-order valence-corrected chi connectivity index (χ2v) is 16.2. The predicted molar refractivity (Wildman–Crippen MR) is 273 cm³/mol. The Morgan fingerprint density at radius 3 is 1.44 bits per heavy atom. The van der Waals surface area contributed by atoms with Gasteiger partial charge in [0.05, 0.1) is 31.8 Å². The van der Waals surface area contributed by atoms with Crippen molar-refractivity contribution >= 4 is 43.2 Å². The van der Waals surface area contributed by atoms with Crippen molar-refractivity contribution in [3.05, 3.63) is 172 Å². The minimum atomic E-state index is 0. The zero-order valence-corrected chi connectivity index (χ0v) is 43.2. The zero-order chi connectivity index (χ0) is 46.3. The fourth-order valence-electron chi connectivity index (χ4n) is 5.08. The minimum Gasteiger partial charge on any atom is -0.497 e. The maximum Gasteiger partial charge on any atom is 0.138 e. The summed E-state index contributed by atoms with van der Waals surface area (Å²) in [5.41, 5.74) is 20.0. The van der Waals surface area contributed by atoms with Crippen LogP contribution < -0.4 is 26.3 Å². The number of rotatable bonds is 12. The van der Waals surface area contributed by atoms with Gasteiger partial charge < -0.3 is 47.9 Å². The Morgan fingerprint density at radius 1 is 0.562 bits per heavy atom. The molecule has 4 heterocycles. The number of ether oxygens (including phenoxy) is 2. The Bertz CT molecular complexity index is 2010. The number of hydrogen-bond donors (Lipinski definition) is 3. The number of nitrogens with zero attached hydrogens (tertiary/aromatic N) is 7. The van der Waals surface area contributed by atoms with Crippen LogP contribution in [0, 0.1) is 13.8 Å². The molecule has 0 aliphatic heterocycles. The molecule has 0 saturated carbocycles. The van der Waals surface area contributed by atoms with E-state index in [1.54, 1.807) is 45.9 Å². The summed E-state index contributed by atoms with van der Waals surface area (Å²) in [6.45, 7) is 11.2. The van der Waals surface area contributed by atoms with Gasteiger partial charge >= 0.3 is 0 Å². The molecular weight excluding hydrogens is 971 g/mol. The molecule has 15 heteroatoms. The quantitative estimate of drug-likeness (QED) is 0.100. The van der Waals surface area contributed by atoms with E-state index in [4.69, 9.17) is 20.9 Å². The number of benzene rings is 2. The molecule has 2 aromatic carbocycles. The number of nitrogen functional groups attached to an aromatic ring is 1. The molecule has 0 unspecified atom stereocenters. The van der Waals surface area contributed by atoms with Crippen molar-refractivity contribution in [1.82, 2.24) is 34.6 Å². The Balaban J connectivity index is 0. The van der Waals surface area contributed by atoms with Crippen molar-refractivity contribution in [2.24, 2.45) is 5.73 Å². The number of aryl methyl sites for hydroxylation is 1. The fourth-order valence-corrected chi connectivity index (χ4v) is 5.83. The molecule has 12 nitrogen and oxygen atoms in total. The molecule has 0 fully saturated rings. The van der Waals surface area contributed by atoms with E-state index in [-0.39, 0.29) is 26.0 Å². The summed E-state index contributed by atoms with van der Waals surface area (Å²) in [4.78, 5) is 22.5. The smallest absolute Gasteiger partial charge is 0.138 e. The average Bonchev–Trinajstić information content (AvgIpc) is 3.24. The van der Waals surface area contributed by atoms with E-state index in [1.165, 1.54) is 27.8 Å². The van der Waals surface area contributed by atoms with Gasteiger partial charge in [-0.1, -0.05) is 49.4 Å². The van der Waals surface area contributed by atoms with Gasteiger partial charge in [0.25, 0.3) is 0 Å². The van der Waals surface area contributed by atoms with Gasteiger partial charge in [-0.2, -0.15) is 6.92 Å². The van der Waals surface area contributed by atoms with Gasteiger partial charge in [0.2, 0.25) is 0 Å². The van der Waals surface area contributed by atoms with Gasteiger partial charge in [-0.05, 0) is 145 Å². The van der Waals surface area contributed by atoms with E-state index >= 15 is 0 Å². The largest absolute Gasteiger partial charge is 0.497 e. The van der Waals surface area contributed by atoms with Crippen LogP contribution in [0.3, 0.4) is 0 Å². The number of halogens is 2. The van der Waals surface area contributed by atoms with Crippen molar-refractivity contribution in [3.8, 4) is 11.5 Å². The summed E-state index contributed by atoms with van der Waals surface area (Å²) < 4.78 is 12.0. The van der Waals surface area contributed by atoms with Gasteiger partial charge in [0.15, 0.2) is 0 Å². The van der Waals surface area contributed by atoms with Crippen LogP contribution in [0.1, 0.15) is 47.7 Å². The molecule has 1 radical (unpaired) electrons. The third kappa shape index (κ3) is 29.9. The average molecular weight is 1040 g/mol. The third-order valence-electron chi connectivity index (χ3n) is 7.80. The van der Waals surface area contributed by atoms with Crippen LogP contribution in [0.25, 0.3) is 0 Å². The summed E-state index contributed by atoms with van der Waals surface area (Å²) >= 11 is 6.63. The Labute approximate surface area is 413 Å². The first-order valence-electron chi connectivity index (χ1n) is 19.8. The molecule has 64 heavy (non-hydrogen) atoms. The summed E-state index contributed by atoms with van der Waals surface area (Å²) in [5.74, 6) is 1.65. The molecule has 4 aromatic heterocycles. The Morgan fingerprint density at radius 2 is 1.00 bits per heavy atom. The molecule has 0 aliphatic carbocycles. The Hall–Kier alpha value is -4.38. The van der Waals surface area contributed by atoms with Gasteiger partial charge in [-0.3, -0.25) is 19.9 Å². The summed E-state index contributed by atoms with van der Waals surface area (Å²) in [6.07, 6.45) is 14.3. The molecule has 349 valence electrons. The van der Waals surface area contributed by atoms with Crippen molar-refractivity contribution < 1.29 is 28.0 Å². The summed E-state index contributed by atoms with van der Waals surface area (Å²) in [5, 5.41) is 3.39. The topological polar surface area (TPSA) is 144 Å². The first-order chi connectivity index (χ1) is 29.7. The van der Waals surface area contributed by atoms with Crippen molar-refractivity contribution in [1.29, 1.82) is 0 Å². The van der Waals surface area contributed by atoms with E-state index in [1.807, 2.05) is 77.2 Å². The molecule has 0 bridgehead atoms.